The second-order valence-corrected chi connectivity index (χ2v) is 12.2. The smallest absolute Gasteiger partial charge is 0.0622 e. The minimum absolute atomic E-state index is 0.0439. The van der Waals surface area contributed by atoms with E-state index < -0.39 is 114 Å². The fourth-order valence-electron chi connectivity index (χ4n) is 7.63. The van der Waals surface area contributed by atoms with Crippen LogP contribution < -0.4 is 0 Å². The van der Waals surface area contributed by atoms with Crippen LogP contribution in [0, 0.1) is 0 Å². The molecule has 1 aliphatic carbocycles. The van der Waals surface area contributed by atoms with Crippen molar-refractivity contribution in [3.05, 3.63) is 228 Å². The van der Waals surface area contributed by atoms with Gasteiger partial charge in [-0.3, -0.25) is 0 Å². The molecule has 0 spiro atoms. The minimum Gasteiger partial charge on any atom is -0.0622 e. The number of fused-ring (bicyclic) bond motifs is 5. The van der Waals surface area contributed by atoms with E-state index in [1.165, 1.54) is 0 Å². The molecular formula is C51H34. The van der Waals surface area contributed by atoms with Gasteiger partial charge in [0.2, 0.25) is 0 Å². The van der Waals surface area contributed by atoms with E-state index in [9.17, 15) is 11.0 Å². The maximum atomic E-state index is 9.33. The summed E-state index contributed by atoms with van der Waals surface area (Å²) in [5, 5.41) is 0.224. The van der Waals surface area contributed by atoms with Crippen molar-refractivity contribution in [2.75, 3.05) is 0 Å². The van der Waals surface area contributed by atoms with Crippen LogP contribution in [0.3, 0.4) is 0 Å². The van der Waals surface area contributed by atoms with Gasteiger partial charge in [0, 0.05) is 0 Å². The van der Waals surface area contributed by atoms with Crippen molar-refractivity contribution in [3.8, 4) is 44.5 Å². The summed E-state index contributed by atoms with van der Waals surface area (Å²) in [6.45, 7) is 0. The summed E-state index contributed by atoms with van der Waals surface area (Å²) < 4.78 is 161. The van der Waals surface area contributed by atoms with E-state index >= 15 is 0 Å². The lowest BCUT2D eigenvalue weighted by molar-refractivity contribution is 0.769. The summed E-state index contributed by atoms with van der Waals surface area (Å²) in [7, 11) is 0. The van der Waals surface area contributed by atoms with Crippen molar-refractivity contribution in [1.82, 2.24) is 0 Å². The van der Waals surface area contributed by atoms with Gasteiger partial charge in [-0.1, -0.05) is 200 Å². The Morgan fingerprint density at radius 2 is 0.765 bits per heavy atom. The van der Waals surface area contributed by atoms with Crippen molar-refractivity contribution in [3.63, 3.8) is 0 Å². The zero-order valence-electron chi connectivity index (χ0n) is 44.7. The van der Waals surface area contributed by atoms with Gasteiger partial charge in [0.25, 0.3) is 0 Å². The fraction of sp³-hybridized carbons (Fsp3) is 0.0196. The van der Waals surface area contributed by atoms with Gasteiger partial charge < -0.3 is 0 Å². The standard InChI is InChI=1S/C51H34/c1-4-16-36(17-5-1)49-43-23-10-12-25-45(43)50(46-26-13-11-24-44(46)49)37-30-28-35(29-31-37)38-32-33-42-41-22-14-15-27-47(41)51(48(42)34-38,39-18-6-2-7-19-39)40-20-8-3-9-21-40/h1-34H/i2D,3D,6D,7D,8D,9D,10D,11D,12D,13D,18D,19D,20D,21D,23D,24D,25D,26D. The van der Waals surface area contributed by atoms with Gasteiger partial charge in [0.05, 0.1) is 30.1 Å². The van der Waals surface area contributed by atoms with E-state index in [0.29, 0.717) is 38.9 Å². The average molecular weight is 665 g/mol. The maximum absolute atomic E-state index is 9.33. The molecule has 9 aromatic rings. The fourth-order valence-corrected chi connectivity index (χ4v) is 7.63. The molecule has 0 aromatic heterocycles. The Labute approximate surface area is 324 Å². The van der Waals surface area contributed by atoms with E-state index in [4.69, 9.17) is 13.7 Å². The van der Waals surface area contributed by atoms with E-state index in [2.05, 4.69) is 0 Å². The second-order valence-electron chi connectivity index (χ2n) is 12.2. The summed E-state index contributed by atoms with van der Waals surface area (Å²) in [5.41, 5.74) is 1.22. The van der Waals surface area contributed by atoms with Crippen LogP contribution in [-0.2, 0) is 5.41 Å². The van der Waals surface area contributed by atoms with Crippen molar-refractivity contribution >= 4 is 21.5 Å². The number of rotatable bonds is 5. The Balaban J connectivity index is 1.29. The Morgan fingerprint density at radius 1 is 0.333 bits per heavy atom. The highest BCUT2D eigenvalue weighted by Gasteiger charge is 2.46. The Bertz CT molecular complexity index is 3540. The third kappa shape index (κ3) is 4.47. The van der Waals surface area contributed by atoms with Crippen molar-refractivity contribution in [1.29, 1.82) is 0 Å². The number of hydrogen-bond acceptors (Lipinski definition) is 0. The molecular weight excluding hydrogens is 613 g/mol. The first-order chi connectivity index (χ1) is 32.8. The van der Waals surface area contributed by atoms with E-state index in [1.807, 2.05) is 0 Å². The van der Waals surface area contributed by atoms with Gasteiger partial charge in [-0.2, -0.15) is 0 Å². The first-order valence-electron chi connectivity index (χ1n) is 25.3. The quantitative estimate of drug-likeness (QED) is 0.161. The van der Waals surface area contributed by atoms with Gasteiger partial charge in [0.1, 0.15) is 0 Å². The van der Waals surface area contributed by atoms with Crippen LogP contribution in [0.15, 0.2) is 206 Å². The Kier molecular flexibility index (Phi) is 3.82. The summed E-state index contributed by atoms with van der Waals surface area (Å²) in [6, 6.07) is 17.2. The highest BCUT2D eigenvalue weighted by Crippen LogP contribution is 2.56. The molecule has 1 aliphatic rings. The Morgan fingerprint density at radius 3 is 1.33 bits per heavy atom. The minimum atomic E-state index is -2.06. The topological polar surface area (TPSA) is 0 Å². The molecule has 0 amide bonds. The van der Waals surface area contributed by atoms with Crippen molar-refractivity contribution in [2.45, 2.75) is 5.41 Å². The lowest BCUT2D eigenvalue weighted by Gasteiger charge is -2.34. The third-order valence-corrected chi connectivity index (χ3v) is 9.74. The highest BCUT2D eigenvalue weighted by atomic mass is 14.5. The molecule has 238 valence electrons. The second kappa shape index (κ2) is 11.8. The molecule has 0 heterocycles. The van der Waals surface area contributed by atoms with Gasteiger partial charge in [-0.05, 0) is 94.4 Å². The summed E-state index contributed by atoms with van der Waals surface area (Å²) in [4.78, 5) is 0. The normalized spacial score (nSPS) is 17.8. The van der Waals surface area contributed by atoms with Crippen LogP contribution in [0.2, 0.25) is 0 Å². The predicted molar refractivity (Wildman–Crippen MR) is 215 cm³/mol. The van der Waals surface area contributed by atoms with Crippen LogP contribution in [0.5, 0.6) is 0 Å². The lowest BCUT2D eigenvalue weighted by Crippen LogP contribution is -2.28. The van der Waals surface area contributed by atoms with Gasteiger partial charge in [-0.25, -0.2) is 0 Å². The summed E-state index contributed by atoms with van der Waals surface area (Å²) in [5.74, 6) is 0. The number of hydrogen-bond donors (Lipinski definition) is 0. The Hall–Kier alpha value is -6.50. The van der Waals surface area contributed by atoms with E-state index in [1.54, 1.807) is 97.1 Å². The van der Waals surface area contributed by atoms with Gasteiger partial charge in [0.15, 0.2) is 0 Å². The molecule has 0 heteroatoms. The SMILES string of the molecule is [2H]c1c([2H])c([2H])c(C2(c3c([2H])c([2H])c([2H])c([2H])c3[2H])c3ccccc3-c3ccc(-c4ccc(-c5c6c([2H])c([2H])c([2H])c([2H])c6c(-c6ccccc6)c6c([2H])c([2H])c([2H])c([2H])c56)cc4)cc32)c([2H])c1[2H]. The maximum Gasteiger partial charge on any atom is 0.0713 e. The molecule has 0 bridgehead atoms. The summed E-state index contributed by atoms with van der Waals surface area (Å²) in [6.07, 6.45) is 0. The molecule has 0 saturated heterocycles. The molecule has 0 aliphatic heterocycles. The number of benzene rings is 9. The van der Waals surface area contributed by atoms with Crippen LogP contribution in [0.25, 0.3) is 66.1 Å². The summed E-state index contributed by atoms with van der Waals surface area (Å²) >= 11 is 0. The third-order valence-electron chi connectivity index (χ3n) is 9.74. The first-order valence-corrected chi connectivity index (χ1v) is 16.3. The monoisotopic (exact) mass is 664 g/mol. The first kappa shape index (κ1) is 16.5. The lowest BCUT2D eigenvalue weighted by atomic mass is 9.67. The molecule has 0 N–H and O–H groups in total. The molecule has 0 fully saturated rings. The van der Waals surface area contributed by atoms with Crippen molar-refractivity contribution < 1.29 is 24.7 Å². The highest BCUT2D eigenvalue weighted by molar-refractivity contribution is 6.21. The van der Waals surface area contributed by atoms with Crippen LogP contribution in [-0.4, -0.2) is 0 Å². The zero-order chi connectivity index (χ0) is 49.4. The van der Waals surface area contributed by atoms with Crippen LogP contribution >= 0.6 is 0 Å². The molecule has 9 aromatic carbocycles. The van der Waals surface area contributed by atoms with Crippen LogP contribution in [0.4, 0.5) is 0 Å². The molecule has 0 unspecified atom stereocenters. The molecule has 0 radical (unpaired) electrons. The van der Waals surface area contributed by atoms with Gasteiger partial charge >= 0.3 is 0 Å². The van der Waals surface area contributed by atoms with E-state index in [-0.39, 0.29) is 49.4 Å². The molecule has 10 rings (SSSR count). The van der Waals surface area contributed by atoms with Gasteiger partial charge in [-0.15, -0.1) is 0 Å². The van der Waals surface area contributed by atoms with Crippen LogP contribution in [0.1, 0.15) is 46.9 Å². The predicted octanol–water partition coefficient (Wildman–Crippen LogP) is 13.4. The molecule has 51 heavy (non-hydrogen) atoms. The molecule has 0 nitrogen and oxygen atoms in total. The zero-order valence-corrected chi connectivity index (χ0v) is 26.7. The molecule has 0 atom stereocenters. The van der Waals surface area contributed by atoms with Crippen molar-refractivity contribution in [2.24, 2.45) is 0 Å². The van der Waals surface area contributed by atoms with E-state index in [0.717, 1.165) is 0 Å². The molecule has 0 saturated carbocycles. The largest absolute Gasteiger partial charge is 0.0713 e. The average Bonchev–Trinajstić information content (AvgIpc) is 3.64.